The third-order valence-corrected chi connectivity index (χ3v) is 3.07. The van der Waals surface area contributed by atoms with E-state index in [0.717, 1.165) is 17.9 Å². The standard InChI is InChI=1S/C15H19NO/c1-17-15-9-7-14(8-10-15)6-5-13-16-11-3-2-4-12-16/h7-10H,2-4,11-13H2,1H3. The monoisotopic (exact) mass is 229 g/mol. The van der Waals surface area contributed by atoms with E-state index < -0.39 is 0 Å². The van der Waals surface area contributed by atoms with Gasteiger partial charge in [0.15, 0.2) is 0 Å². The maximum absolute atomic E-state index is 5.11. The van der Waals surface area contributed by atoms with Gasteiger partial charge in [-0.1, -0.05) is 18.3 Å². The quantitative estimate of drug-likeness (QED) is 0.723. The van der Waals surface area contributed by atoms with Crippen LogP contribution in [0.25, 0.3) is 0 Å². The van der Waals surface area contributed by atoms with Gasteiger partial charge in [-0.2, -0.15) is 0 Å². The van der Waals surface area contributed by atoms with Gasteiger partial charge in [0.25, 0.3) is 0 Å². The minimum Gasteiger partial charge on any atom is -0.497 e. The van der Waals surface area contributed by atoms with Gasteiger partial charge in [-0.05, 0) is 50.2 Å². The number of benzene rings is 1. The highest BCUT2D eigenvalue weighted by Crippen LogP contribution is 2.10. The Kier molecular flexibility index (Phi) is 4.46. The molecule has 17 heavy (non-hydrogen) atoms. The molecule has 1 aromatic carbocycles. The zero-order chi connectivity index (χ0) is 11.9. The molecule has 0 bridgehead atoms. The van der Waals surface area contributed by atoms with Crippen molar-refractivity contribution < 1.29 is 4.74 Å². The van der Waals surface area contributed by atoms with Gasteiger partial charge in [-0.3, -0.25) is 4.90 Å². The van der Waals surface area contributed by atoms with Crippen LogP contribution in [-0.4, -0.2) is 31.6 Å². The molecule has 0 unspecified atom stereocenters. The molecule has 0 aliphatic carbocycles. The first-order valence-electron chi connectivity index (χ1n) is 6.24. The van der Waals surface area contributed by atoms with Crippen molar-refractivity contribution in [3.05, 3.63) is 29.8 Å². The van der Waals surface area contributed by atoms with E-state index in [1.54, 1.807) is 7.11 Å². The highest BCUT2D eigenvalue weighted by atomic mass is 16.5. The second kappa shape index (κ2) is 6.32. The minimum atomic E-state index is 0.881. The van der Waals surface area contributed by atoms with Gasteiger partial charge >= 0.3 is 0 Å². The molecule has 2 rings (SSSR count). The second-order valence-corrected chi connectivity index (χ2v) is 4.37. The number of likely N-dealkylation sites (tertiary alicyclic amines) is 1. The fourth-order valence-corrected chi connectivity index (χ4v) is 2.05. The summed E-state index contributed by atoms with van der Waals surface area (Å²) in [6.45, 7) is 3.31. The minimum absolute atomic E-state index is 0.881. The average Bonchev–Trinajstić information content (AvgIpc) is 2.41. The van der Waals surface area contributed by atoms with E-state index in [1.165, 1.54) is 32.4 Å². The van der Waals surface area contributed by atoms with Crippen LogP contribution in [0.15, 0.2) is 24.3 Å². The molecule has 1 heterocycles. The third kappa shape index (κ3) is 3.80. The number of ether oxygens (including phenoxy) is 1. The van der Waals surface area contributed by atoms with Crippen molar-refractivity contribution in [3.63, 3.8) is 0 Å². The Morgan fingerprint density at radius 2 is 1.82 bits per heavy atom. The first-order valence-corrected chi connectivity index (χ1v) is 6.24. The predicted octanol–water partition coefficient (Wildman–Crippen LogP) is 2.53. The molecule has 1 aromatic rings. The van der Waals surface area contributed by atoms with Crippen molar-refractivity contribution >= 4 is 0 Å². The molecule has 0 saturated carbocycles. The molecular formula is C15H19NO. The fourth-order valence-electron chi connectivity index (χ4n) is 2.05. The maximum atomic E-state index is 5.11. The van der Waals surface area contributed by atoms with Gasteiger partial charge in [-0.25, -0.2) is 0 Å². The maximum Gasteiger partial charge on any atom is 0.118 e. The Bertz CT molecular complexity index is 393. The number of hydrogen-bond donors (Lipinski definition) is 0. The molecule has 1 aliphatic heterocycles. The van der Waals surface area contributed by atoms with Crippen LogP contribution in [0.4, 0.5) is 0 Å². The zero-order valence-electron chi connectivity index (χ0n) is 10.4. The zero-order valence-corrected chi connectivity index (χ0v) is 10.4. The summed E-state index contributed by atoms with van der Waals surface area (Å²) in [7, 11) is 1.68. The van der Waals surface area contributed by atoms with E-state index in [-0.39, 0.29) is 0 Å². The molecular weight excluding hydrogens is 210 g/mol. The SMILES string of the molecule is COc1ccc(C#CCN2CCCCC2)cc1. The molecule has 0 aromatic heterocycles. The lowest BCUT2D eigenvalue weighted by atomic mass is 10.1. The van der Waals surface area contributed by atoms with Crippen LogP contribution in [0.2, 0.25) is 0 Å². The van der Waals surface area contributed by atoms with Crippen LogP contribution in [0.5, 0.6) is 5.75 Å². The van der Waals surface area contributed by atoms with Gasteiger partial charge in [0.2, 0.25) is 0 Å². The number of rotatable bonds is 2. The van der Waals surface area contributed by atoms with Gasteiger partial charge < -0.3 is 4.74 Å². The lowest BCUT2D eigenvalue weighted by molar-refractivity contribution is 0.255. The lowest BCUT2D eigenvalue weighted by Gasteiger charge is -2.23. The van der Waals surface area contributed by atoms with Crippen molar-refractivity contribution in [3.8, 4) is 17.6 Å². The van der Waals surface area contributed by atoms with Crippen LogP contribution >= 0.6 is 0 Å². The third-order valence-electron chi connectivity index (χ3n) is 3.07. The second-order valence-electron chi connectivity index (χ2n) is 4.37. The summed E-state index contributed by atoms with van der Waals surface area (Å²) < 4.78 is 5.11. The summed E-state index contributed by atoms with van der Waals surface area (Å²) in [6, 6.07) is 7.90. The van der Waals surface area contributed by atoms with Crippen LogP contribution in [-0.2, 0) is 0 Å². The summed E-state index contributed by atoms with van der Waals surface area (Å²) >= 11 is 0. The number of piperidine rings is 1. The Labute approximate surface area is 104 Å². The molecule has 0 spiro atoms. The van der Waals surface area contributed by atoms with Gasteiger partial charge in [0, 0.05) is 5.56 Å². The Balaban J connectivity index is 1.86. The molecule has 0 atom stereocenters. The average molecular weight is 229 g/mol. The van der Waals surface area contributed by atoms with Crippen LogP contribution < -0.4 is 4.74 Å². The number of methoxy groups -OCH3 is 1. The van der Waals surface area contributed by atoms with Gasteiger partial charge in [0.05, 0.1) is 13.7 Å². The number of hydrogen-bond acceptors (Lipinski definition) is 2. The largest absolute Gasteiger partial charge is 0.497 e. The Hall–Kier alpha value is -1.46. The van der Waals surface area contributed by atoms with Crippen LogP contribution in [0.1, 0.15) is 24.8 Å². The van der Waals surface area contributed by atoms with Crippen molar-refractivity contribution in [1.29, 1.82) is 0 Å². The van der Waals surface area contributed by atoms with Crippen molar-refractivity contribution in [2.75, 3.05) is 26.7 Å². The van der Waals surface area contributed by atoms with E-state index in [9.17, 15) is 0 Å². The highest BCUT2D eigenvalue weighted by Gasteiger charge is 2.07. The van der Waals surface area contributed by atoms with Gasteiger partial charge in [-0.15, -0.1) is 0 Å². The van der Waals surface area contributed by atoms with Crippen molar-refractivity contribution in [2.24, 2.45) is 0 Å². The van der Waals surface area contributed by atoms with E-state index in [4.69, 9.17) is 4.74 Å². The summed E-state index contributed by atoms with van der Waals surface area (Å²) in [6.07, 6.45) is 4.02. The van der Waals surface area contributed by atoms with E-state index in [1.807, 2.05) is 24.3 Å². The first kappa shape index (κ1) is 12.0. The molecule has 2 heteroatoms. The lowest BCUT2D eigenvalue weighted by Crippen LogP contribution is -2.29. The predicted molar refractivity (Wildman–Crippen MR) is 70.2 cm³/mol. The fraction of sp³-hybridized carbons (Fsp3) is 0.467. The summed E-state index contributed by atoms with van der Waals surface area (Å²) in [4.78, 5) is 2.43. The van der Waals surface area contributed by atoms with Crippen LogP contribution in [0, 0.1) is 11.8 Å². The molecule has 90 valence electrons. The Morgan fingerprint density at radius 1 is 1.12 bits per heavy atom. The van der Waals surface area contributed by atoms with E-state index in [2.05, 4.69) is 16.7 Å². The summed E-state index contributed by atoms with van der Waals surface area (Å²) in [5.41, 5.74) is 1.06. The van der Waals surface area contributed by atoms with Crippen molar-refractivity contribution in [1.82, 2.24) is 4.90 Å². The van der Waals surface area contributed by atoms with Crippen LogP contribution in [0.3, 0.4) is 0 Å². The van der Waals surface area contributed by atoms with E-state index >= 15 is 0 Å². The molecule has 1 saturated heterocycles. The molecule has 2 nitrogen and oxygen atoms in total. The molecule has 0 amide bonds. The summed E-state index contributed by atoms with van der Waals surface area (Å²) in [5.74, 6) is 7.32. The van der Waals surface area contributed by atoms with E-state index in [0.29, 0.717) is 0 Å². The molecule has 1 fully saturated rings. The topological polar surface area (TPSA) is 12.5 Å². The normalized spacial score (nSPS) is 16.1. The first-order chi connectivity index (χ1) is 8.38. The molecule has 0 radical (unpaired) electrons. The smallest absolute Gasteiger partial charge is 0.118 e. The number of nitrogens with zero attached hydrogens (tertiary/aromatic N) is 1. The van der Waals surface area contributed by atoms with Gasteiger partial charge in [0.1, 0.15) is 5.75 Å². The summed E-state index contributed by atoms with van der Waals surface area (Å²) in [5, 5.41) is 0. The molecule has 1 aliphatic rings. The highest BCUT2D eigenvalue weighted by molar-refractivity contribution is 5.38. The Morgan fingerprint density at radius 3 is 2.47 bits per heavy atom. The molecule has 0 N–H and O–H groups in total. The van der Waals surface area contributed by atoms with Crippen molar-refractivity contribution in [2.45, 2.75) is 19.3 Å².